The van der Waals surface area contributed by atoms with Crippen molar-refractivity contribution in [3.63, 3.8) is 0 Å². The van der Waals surface area contributed by atoms with Crippen LogP contribution < -0.4 is 15.8 Å². The zero-order valence-electron chi connectivity index (χ0n) is 10.4. The molecule has 0 spiro atoms. The molecular weight excluding hydrogens is 216 g/mol. The fourth-order valence-corrected chi connectivity index (χ4v) is 1.77. The number of methoxy groups -OCH3 is 1. The molecule has 94 valence electrons. The zero-order chi connectivity index (χ0) is 12.7. The van der Waals surface area contributed by atoms with Crippen LogP contribution in [0.3, 0.4) is 0 Å². The molecule has 1 rings (SSSR count). The molecule has 1 atom stereocenters. The normalized spacial score (nSPS) is 12.1. The number of nitrogens with two attached hydrogens (primary N) is 1. The van der Waals surface area contributed by atoms with Crippen LogP contribution >= 0.6 is 0 Å². The van der Waals surface area contributed by atoms with Crippen LogP contribution in [-0.4, -0.2) is 19.6 Å². The lowest BCUT2D eigenvalue weighted by Crippen LogP contribution is -2.27. The molecule has 3 N–H and O–H groups in total. The van der Waals surface area contributed by atoms with Gasteiger partial charge in [-0.05, 0) is 19.0 Å². The Morgan fingerprint density at radius 2 is 2.18 bits per heavy atom. The van der Waals surface area contributed by atoms with Gasteiger partial charge in [0.15, 0.2) is 0 Å². The Kier molecular flexibility index (Phi) is 5.49. The van der Waals surface area contributed by atoms with Crippen LogP contribution in [0, 0.1) is 0 Å². The van der Waals surface area contributed by atoms with E-state index in [1.807, 2.05) is 24.3 Å². The van der Waals surface area contributed by atoms with Crippen LogP contribution in [0.5, 0.6) is 5.75 Å². The average molecular weight is 236 g/mol. The van der Waals surface area contributed by atoms with Gasteiger partial charge in [0.2, 0.25) is 5.91 Å². The van der Waals surface area contributed by atoms with E-state index in [0.29, 0.717) is 0 Å². The second-order valence-corrected chi connectivity index (χ2v) is 3.92. The van der Waals surface area contributed by atoms with Crippen molar-refractivity contribution in [2.75, 3.05) is 13.7 Å². The number of nitrogens with one attached hydrogen (secondary N) is 1. The standard InChI is InChI=1S/C13H20N2O2/c1-3-8-15-11(9-13(14)16)10-6-4-5-7-12(10)17-2/h4-7,11,15H,3,8-9H2,1-2H3,(H2,14,16). The monoisotopic (exact) mass is 236 g/mol. The second kappa shape index (κ2) is 6.91. The van der Waals surface area contributed by atoms with Gasteiger partial charge < -0.3 is 15.8 Å². The number of rotatable bonds is 7. The predicted molar refractivity (Wildman–Crippen MR) is 67.8 cm³/mol. The van der Waals surface area contributed by atoms with Gasteiger partial charge in [0.25, 0.3) is 0 Å². The molecule has 1 aromatic carbocycles. The van der Waals surface area contributed by atoms with Crippen molar-refractivity contribution >= 4 is 5.91 Å². The van der Waals surface area contributed by atoms with E-state index in [9.17, 15) is 4.79 Å². The Hall–Kier alpha value is -1.55. The van der Waals surface area contributed by atoms with Gasteiger partial charge in [-0.2, -0.15) is 0 Å². The third-order valence-electron chi connectivity index (χ3n) is 2.56. The molecule has 0 bridgehead atoms. The lowest BCUT2D eigenvalue weighted by Gasteiger charge is -2.19. The number of hydrogen-bond donors (Lipinski definition) is 2. The van der Waals surface area contributed by atoms with Crippen LogP contribution in [0.2, 0.25) is 0 Å². The molecule has 4 nitrogen and oxygen atoms in total. The van der Waals surface area contributed by atoms with Crippen molar-refractivity contribution in [3.8, 4) is 5.75 Å². The number of carbonyl (C=O) groups excluding carboxylic acids is 1. The quantitative estimate of drug-likeness (QED) is 0.756. The van der Waals surface area contributed by atoms with E-state index >= 15 is 0 Å². The summed E-state index contributed by atoms with van der Waals surface area (Å²) in [6, 6.07) is 7.60. The van der Waals surface area contributed by atoms with Gasteiger partial charge in [-0.15, -0.1) is 0 Å². The highest BCUT2D eigenvalue weighted by molar-refractivity contribution is 5.74. The average Bonchev–Trinajstić information content (AvgIpc) is 2.34. The Balaban J connectivity index is 2.90. The summed E-state index contributed by atoms with van der Waals surface area (Å²) in [5.74, 6) is 0.465. The Bertz CT molecular complexity index is 366. The van der Waals surface area contributed by atoms with Crippen molar-refractivity contribution in [1.29, 1.82) is 0 Å². The van der Waals surface area contributed by atoms with E-state index in [1.54, 1.807) is 7.11 Å². The topological polar surface area (TPSA) is 64.3 Å². The summed E-state index contributed by atoms with van der Waals surface area (Å²) < 4.78 is 5.30. The van der Waals surface area contributed by atoms with Gasteiger partial charge in [-0.25, -0.2) is 0 Å². The lowest BCUT2D eigenvalue weighted by atomic mass is 10.0. The molecule has 1 amide bonds. The minimum absolute atomic E-state index is 0.0800. The first-order valence-electron chi connectivity index (χ1n) is 5.83. The molecule has 0 saturated carbocycles. The van der Waals surface area contributed by atoms with E-state index < -0.39 is 0 Å². The summed E-state index contributed by atoms with van der Waals surface area (Å²) in [7, 11) is 1.62. The zero-order valence-corrected chi connectivity index (χ0v) is 10.4. The summed E-state index contributed by atoms with van der Waals surface area (Å²) in [6.45, 7) is 2.92. The number of para-hydroxylation sites is 1. The third-order valence-corrected chi connectivity index (χ3v) is 2.56. The molecular formula is C13H20N2O2. The maximum atomic E-state index is 11.1. The first-order valence-corrected chi connectivity index (χ1v) is 5.83. The lowest BCUT2D eigenvalue weighted by molar-refractivity contribution is -0.118. The summed E-state index contributed by atoms with van der Waals surface area (Å²) in [5.41, 5.74) is 6.25. The summed E-state index contributed by atoms with van der Waals surface area (Å²) in [5, 5.41) is 3.31. The molecule has 0 aromatic heterocycles. The van der Waals surface area contributed by atoms with E-state index in [0.717, 1.165) is 24.3 Å². The van der Waals surface area contributed by atoms with Crippen LogP contribution in [0.4, 0.5) is 0 Å². The number of benzene rings is 1. The molecule has 1 unspecified atom stereocenters. The van der Waals surface area contributed by atoms with Crippen molar-refractivity contribution in [3.05, 3.63) is 29.8 Å². The van der Waals surface area contributed by atoms with Gasteiger partial charge in [-0.1, -0.05) is 25.1 Å². The van der Waals surface area contributed by atoms with Crippen LogP contribution in [-0.2, 0) is 4.79 Å². The fraction of sp³-hybridized carbons (Fsp3) is 0.462. The molecule has 0 fully saturated rings. The summed E-state index contributed by atoms with van der Waals surface area (Å²) in [4.78, 5) is 11.1. The van der Waals surface area contributed by atoms with Crippen LogP contribution in [0.25, 0.3) is 0 Å². The Morgan fingerprint density at radius 3 is 2.76 bits per heavy atom. The highest BCUT2D eigenvalue weighted by Crippen LogP contribution is 2.26. The molecule has 1 aromatic rings. The molecule has 0 saturated heterocycles. The van der Waals surface area contributed by atoms with E-state index in [1.165, 1.54) is 0 Å². The number of amides is 1. The molecule has 0 aliphatic rings. The maximum absolute atomic E-state index is 11.1. The fourth-order valence-electron chi connectivity index (χ4n) is 1.77. The first-order chi connectivity index (χ1) is 8.19. The molecule has 17 heavy (non-hydrogen) atoms. The third kappa shape index (κ3) is 4.07. The molecule has 0 heterocycles. The minimum Gasteiger partial charge on any atom is -0.496 e. The van der Waals surface area contributed by atoms with Crippen molar-refractivity contribution in [2.24, 2.45) is 5.73 Å². The predicted octanol–water partition coefficient (Wildman–Crippen LogP) is 1.61. The highest BCUT2D eigenvalue weighted by atomic mass is 16.5. The minimum atomic E-state index is -0.315. The van der Waals surface area contributed by atoms with Gasteiger partial charge >= 0.3 is 0 Å². The number of hydrogen-bond acceptors (Lipinski definition) is 3. The maximum Gasteiger partial charge on any atom is 0.219 e. The largest absolute Gasteiger partial charge is 0.496 e. The number of primary amides is 1. The van der Waals surface area contributed by atoms with Gasteiger partial charge in [0, 0.05) is 18.0 Å². The Morgan fingerprint density at radius 1 is 1.47 bits per heavy atom. The molecule has 4 heteroatoms. The number of carbonyl (C=O) groups is 1. The molecule has 0 aliphatic heterocycles. The SMILES string of the molecule is CCCNC(CC(N)=O)c1ccccc1OC. The van der Waals surface area contributed by atoms with E-state index in [4.69, 9.17) is 10.5 Å². The van der Waals surface area contributed by atoms with E-state index in [2.05, 4.69) is 12.2 Å². The number of ether oxygens (including phenoxy) is 1. The van der Waals surface area contributed by atoms with Crippen molar-refractivity contribution < 1.29 is 9.53 Å². The van der Waals surface area contributed by atoms with E-state index in [-0.39, 0.29) is 18.4 Å². The Labute approximate surface area is 102 Å². The molecule has 0 aliphatic carbocycles. The van der Waals surface area contributed by atoms with Gasteiger partial charge in [-0.3, -0.25) is 4.79 Å². The summed E-state index contributed by atoms with van der Waals surface area (Å²) >= 11 is 0. The first kappa shape index (κ1) is 13.5. The van der Waals surface area contributed by atoms with Crippen LogP contribution in [0.1, 0.15) is 31.4 Å². The van der Waals surface area contributed by atoms with Gasteiger partial charge in [0.1, 0.15) is 5.75 Å². The van der Waals surface area contributed by atoms with Gasteiger partial charge in [0.05, 0.1) is 7.11 Å². The summed E-state index contributed by atoms with van der Waals surface area (Å²) in [6.07, 6.45) is 1.28. The molecule has 0 radical (unpaired) electrons. The van der Waals surface area contributed by atoms with Crippen molar-refractivity contribution in [2.45, 2.75) is 25.8 Å². The second-order valence-electron chi connectivity index (χ2n) is 3.92. The van der Waals surface area contributed by atoms with Crippen LogP contribution in [0.15, 0.2) is 24.3 Å². The van der Waals surface area contributed by atoms with Crippen molar-refractivity contribution in [1.82, 2.24) is 5.32 Å². The highest BCUT2D eigenvalue weighted by Gasteiger charge is 2.17. The smallest absolute Gasteiger partial charge is 0.219 e.